The predicted molar refractivity (Wildman–Crippen MR) is 140 cm³/mol. The van der Waals surface area contributed by atoms with Gasteiger partial charge in [0.2, 0.25) is 17.6 Å². The fraction of sp³-hybridized carbons (Fsp3) is 0.800. The smallest absolute Gasteiger partial charge is 0.408 e. The van der Waals surface area contributed by atoms with E-state index in [1.807, 2.05) is 0 Å². The highest BCUT2D eigenvalue weighted by atomic mass is 35.5. The van der Waals surface area contributed by atoms with Crippen molar-refractivity contribution in [2.75, 3.05) is 6.54 Å². The lowest BCUT2D eigenvalue weighted by atomic mass is 9.80. The number of nitrogens with one attached hydrogen (secondary N) is 2. The molecule has 1 saturated heterocycles. The van der Waals surface area contributed by atoms with Crippen molar-refractivity contribution in [1.82, 2.24) is 15.5 Å². The van der Waals surface area contributed by atoms with Crippen molar-refractivity contribution < 1.29 is 28.7 Å². The van der Waals surface area contributed by atoms with Gasteiger partial charge < -0.3 is 26.0 Å². The van der Waals surface area contributed by atoms with Gasteiger partial charge in [0.15, 0.2) is 0 Å². The van der Waals surface area contributed by atoms with Crippen molar-refractivity contribution in [2.45, 2.75) is 102 Å². The molecule has 0 aromatic heterocycles. The first-order chi connectivity index (χ1) is 16.9. The van der Waals surface area contributed by atoms with E-state index in [0.29, 0.717) is 6.42 Å². The van der Waals surface area contributed by atoms with Crippen LogP contribution in [0.1, 0.15) is 73.6 Å². The summed E-state index contributed by atoms with van der Waals surface area (Å²) in [6, 6.07) is -3.11. The Balaban J connectivity index is 2.29. The van der Waals surface area contributed by atoms with Crippen LogP contribution in [0.25, 0.3) is 0 Å². The molecule has 0 aromatic carbocycles. The van der Waals surface area contributed by atoms with Gasteiger partial charge in [0, 0.05) is 12.5 Å². The molecule has 2 aliphatic rings. The van der Waals surface area contributed by atoms with Gasteiger partial charge in [-0.25, -0.2) is 4.79 Å². The second kappa shape index (κ2) is 12.2. The van der Waals surface area contributed by atoms with Gasteiger partial charge >= 0.3 is 6.09 Å². The third-order valence-corrected chi connectivity index (χ3v) is 7.43. The molecule has 4 amide bonds. The fourth-order valence-electron chi connectivity index (χ4n) is 4.52. The SMILES string of the molecule is CC(C)(C)OC(=O)N[C@H](C(=O)N1CC(C(Cl)Cl)C[C@H]1C(=O)N[C@@H](CC1CCC1)C(=O)C(N)=O)C(C)(C)C. The van der Waals surface area contributed by atoms with Gasteiger partial charge in [-0.05, 0) is 44.9 Å². The summed E-state index contributed by atoms with van der Waals surface area (Å²) < 4.78 is 5.34. The normalized spacial score (nSPS) is 22.1. The molecule has 0 radical (unpaired) electrons. The molecular formula is C25H40Cl2N4O6. The van der Waals surface area contributed by atoms with Crippen LogP contribution >= 0.6 is 23.2 Å². The number of likely N-dealkylation sites (tertiary alicyclic amines) is 1. The number of halogens is 2. The number of rotatable bonds is 9. The molecule has 0 aromatic rings. The Kier molecular flexibility index (Phi) is 10.3. The topological polar surface area (TPSA) is 148 Å². The van der Waals surface area contributed by atoms with E-state index in [1.165, 1.54) is 4.90 Å². The molecule has 1 saturated carbocycles. The summed E-state index contributed by atoms with van der Waals surface area (Å²) in [5.74, 6) is -3.32. The molecule has 1 heterocycles. The number of hydrogen-bond acceptors (Lipinski definition) is 6. The number of alkyl halides is 2. The number of amides is 4. The summed E-state index contributed by atoms with van der Waals surface area (Å²) in [5.41, 5.74) is 3.72. The highest BCUT2D eigenvalue weighted by molar-refractivity contribution is 6.44. The van der Waals surface area contributed by atoms with Crippen LogP contribution in [0.3, 0.4) is 0 Å². The minimum absolute atomic E-state index is 0.0776. The molecule has 4 atom stereocenters. The van der Waals surface area contributed by atoms with E-state index < -0.39 is 69.5 Å². The number of carbonyl (C=O) groups excluding carboxylic acids is 5. The summed E-state index contributed by atoms with van der Waals surface area (Å²) >= 11 is 12.3. The monoisotopic (exact) mass is 562 g/mol. The molecule has 210 valence electrons. The largest absolute Gasteiger partial charge is 0.444 e. The maximum atomic E-state index is 13.8. The minimum atomic E-state index is -1.13. The highest BCUT2D eigenvalue weighted by Gasteiger charge is 2.47. The number of carbonyl (C=O) groups is 5. The summed E-state index contributed by atoms with van der Waals surface area (Å²) in [7, 11) is 0. The van der Waals surface area contributed by atoms with Crippen molar-refractivity contribution in [3.05, 3.63) is 0 Å². The van der Waals surface area contributed by atoms with Crippen molar-refractivity contribution in [3.63, 3.8) is 0 Å². The molecule has 1 unspecified atom stereocenters. The molecule has 0 spiro atoms. The van der Waals surface area contributed by atoms with Gasteiger partial charge in [-0.15, -0.1) is 23.2 Å². The third kappa shape index (κ3) is 8.74. The first kappa shape index (κ1) is 31.1. The highest BCUT2D eigenvalue weighted by Crippen LogP contribution is 2.34. The lowest BCUT2D eigenvalue weighted by Gasteiger charge is -2.36. The standard InChI is InChI=1S/C25H40Cl2N4O6/c1-24(2,3)18(30-23(36)37-25(4,5)6)22(35)31-12-14(19(26)27)11-16(31)21(34)29-15(17(32)20(28)33)10-13-8-7-9-13/h13-16,18-19H,7-12H2,1-6H3,(H2,28,33)(H,29,34)(H,30,36)/t14?,15-,16-,18+/m0/s1. The lowest BCUT2D eigenvalue weighted by Crippen LogP contribution is -2.59. The zero-order valence-electron chi connectivity index (χ0n) is 22.4. The molecule has 1 aliphatic heterocycles. The van der Waals surface area contributed by atoms with Crippen LogP contribution in [0.5, 0.6) is 0 Å². The molecule has 2 fully saturated rings. The second-order valence-electron chi connectivity index (χ2n) is 12.1. The Labute approximate surface area is 228 Å². The van der Waals surface area contributed by atoms with Crippen molar-refractivity contribution in [3.8, 4) is 0 Å². The maximum absolute atomic E-state index is 13.8. The lowest BCUT2D eigenvalue weighted by molar-refractivity contribution is -0.143. The van der Waals surface area contributed by atoms with E-state index >= 15 is 0 Å². The van der Waals surface area contributed by atoms with Crippen LogP contribution in [0.15, 0.2) is 0 Å². The molecule has 2 rings (SSSR count). The summed E-state index contributed by atoms with van der Waals surface area (Å²) in [6.45, 7) is 10.5. The molecule has 4 N–H and O–H groups in total. The Morgan fingerprint density at radius 3 is 2.05 bits per heavy atom. The zero-order valence-corrected chi connectivity index (χ0v) is 23.9. The van der Waals surface area contributed by atoms with Gasteiger partial charge in [-0.1, -0.05) is 40.0 Å². The number of nitrogens with two attached hydrogens (primary N) is 1. The average molecular weight is 564 g/mol. The van der Waals surface area contributed by atoms with Crippen molar-refractivity contribution in [1.29, 1.82) is 0 Å². The van der Waals surface area contributed by atoms with Crippen LogP contribution in [0.2, 0.25) is 0 Å². The van der Waals surface area contributed by atoms with Gasteiger partial charge in [-0.2, -0.15) is 0 Å². The minimum Gasteiger partial charge on any atom is -0.444 e. The van der Waals surface area contributed by atoms with Gasteiger partial charge in [0.05, 0.1) is 6.04 Å². The first-order valence-electron chi connectivity index (χ1n) is 12.6. The molecule has 37 heavy (non-hydrogen) atoms. The quantitative estimate of drug-likeness (QED) is 0.290. The van der Waals surface area contributed by atoms with Gasteiger partial charge in [0.25, 0.3) is 5.91 Å². The van der Waals surface area contributed by atoms with Crippen LogP contribution in [-0.2, 0) is 23.9 Å². The molecule has 12 heteroatoms. The number of hydrogen-bond donors (Lipinski definition) is 3. The number of alkyl carbamates (subject to hydrolysis) is 1. The van der Waals surface area contributed by atoms with Gasteiger partial charge in [0.1, 0.15) is 22.5 Å². The van der Waals surface area contributed by atoms with Crippen LogP contribution in [0, 0.1) is 17.3 Å². The summed E-state index contributed by atoms with van der Waals surface area (Å²) in [4.78, 5) is 64.3. The second-order valence-corrected chi connectivity index (χ2v) is 13.3. The van der Waals surface area contributed by atoms with Crippen LogP contribution < -0.4 is 16.4 Å². The van der Waals surface area contributed by atoms with Crippen molar-refractivity contribution in [2.24, 2.45) is 23.0 Å². The predicted octanol–water partition coefficient (Wildman–Crippen LogP) is 2.68. The number of Topliss-reactive ketones (excluding diaryl/α,β-unsaturated/α-hetero) is 1. The molecular weight excluding hydrogens is 523 g/mol. The van der Waals surface area contributed by atoms with Crippen LogP contribution in [0.4, 0.5) is 4.79 Å². The van der Waals surface area contributed by atoms with E-state index in [2.05, 4.69) is 10.6 Å². The molecule has 10 nitrogen and oxygen atoms in total. The molecule has 0 bridgehead atoms. The summed E-state index contributed by atoms with van der Waals surface area (Å²) in [5, 5.41) is 5.30. The Morgan fingerprint density at radius 2 is 1.62 bits per heavy atom. The Bertz CT molecular complexity index is 895. The number of ketones is 1. The number of ether oxygens (including phenoxy) is 1. The van der Waals surface area contributed by atoms with Crippen molar-refractivity contribution >= 4 is 52.8 Å². The van der Waals surface area contributed by atoms with E-state index in [1.54, 1.807) is 41.5 Å². The van der Waals surface area contributed by atoms with E-state index in [0.717, 1.165) is 19.3 Å². The Morgan fingerprint density at radius 1 is 1.03 bits per heavy atom. The van der Waals surface area contributed by atoms with E-state index in [9.17, 15) is 24.0 Å². The zero-order chi connectivity index (χ0) is 28.3. The first-order valence-corrected chi connectivity index (χ1v) is 13.5. The summed E-state index contributed by atoms with van der Waals surface area (Å²) in [6.07, 6.45) is 2.51. The third-order valence-electron chi connectivity index (χ3n) is 6.72. The van der Waals surface area contributed by atoms with E-state index in [4.69, 9.17) is 33.7 Å². The van der Waals surface area contributed by atoms with E-state index in [-0.39, 0.29) is 18.9 Å². The Hall–Kier alpha value is -2.07. The average Bonchev–Trinajstić information content (AvgIpc) is 3.16. The number of primary amides is 1. The fourth-order valence-corrected chi connectivity index (χ4v) is 4.88. The number of nitrogens with zero attached hydrogens (tertiary/aromatic N) is 1. The maximum Gasteiger partial charge on any atom is 0.408 e. The molecule has 1 aliphatic carbocycles. The van der Waals surface area contributed by atoms with Gasteiger partial charge in [-0.3, -0.25) is 19.2 Å². The van der Waals surface area contributed by atoms with Crippen LogP contribution in [-0.4, -0.2) is 69.6 Å².